The van der Waals surface area contributed by atoms with Gasteiger partial charge in [-0.25, -0.2) is 0 Å². The van der Waals surface area contributed by atoms with Gasteiger partial charge in [0.1, 0.15) is 0 Å². The van der Waals surface area contributed by atoms with Gasteiger partial charge in [-0.1, -0.05) is 35.9 Å². The lowest BCUT2D eigenvalue weighted by molar-refractivity contribution is 0.291. The normalized spacial score (nSPS) is 16.0. The summed E-state index contributed by atoms with van der Waals surface area (Å²) in [5.74, 6) is 0.115. The molecule has 1 aromatic heterocycles. The Morgan fingerprint density at radius 1 is 0.903 bits per heavy atom. The van der Waals surface area contributed by atoms with Gasteiger partial charge in [0.05, 0.1) is 5.88 Å². The lowest BCUT2D eigenvalue weighted by Crippen LogP contribution is -2.47. The largest absolute Gasteiger partial charge is 0.771 e. The average molecular weight is 453 g/mol. The summed E-state index contributed by atoms with van der Waals surface area (Å²) in [5, 5.41) is 0.698. The highest BCUT2D eigenvalue weighted by molar-refractivity contribution is 7.79. The number of hydrogen-bond donors (Lipinski definition) is 0. The Morgan fingerprint density at radius 2 is 1.58 bits per heavy atom. The van der Waals surface area contributed by atoms with E-state index in [1.165, 1.54) is 0 Å². The third-order valence-corrected chi connectivity index (χ3v) is 6.11. The molecule has 31 heavy (non-hydrogen) atoms. The van der Waals surface area contributed by atoms with Crippen LogP contribution in [-0.2, 0) is 11.1 Å². The summed E-state index contributed by atoms with van der Waals surface area (Å²) in [5.41, 5.74) is 5.44. The number of anilines is 1. The highest BCUT2D eigenvalue weighted by Gasteiger charge is 2.16. The van der Waals surface area contributed by atoms with Crippen molar-refractivity contribution in [2.45, 2.75) is 0 Å². The molecule has 160 valence electrons. The molecule has 4 rings (SSSR count). The predicted octanol–water partition coefficient (Wildman–Crippen LogP) is 4.53. The second kappa shape index (κ2) is 10.2. The van der Waals surface area contributed by atoms with Gasteiger partial charge in [-0.15, -0.1) is 0 Å². The van der Waals surface area contributed by atoms with E-state index in [2.05, 4.69) is 52.4 Å². The monoisotopic (exact) mass is 452 g/mol. The van der Waals surface area contributed by atoms with Gasteiger partial charge in [0, 0.05) is 49.3 Å². The van der Waals surface area contributed by atoms with Gasteiger partial charge >= 0.3 is 0 Å². The Kier molecular flexibility index (Phi) is 7.14. The molecule has 1 saturated heterocycles. The van der Waals surface area contributed by atoms with Crippen LogP contribution in [0.2, 0.25) is 5.02 Å². The van der Waals surface area contributed by atoms with Crippen LogP contribution in [0.4, 0.5) is 5.69 Å². The van der Waals surface area contributed by atoms with E-state index in [4.69, 9.17) is 11.6 Å². The van der Waals surface area contributed by atoms with E-state index >= 15 is 0 Å². The van der Waals surface area contributed by atoms with Gasteiger partial charge < -0.3 is 9.45 Å². The number of hydrogen-bond acceptors (Lipinski definition) is 5. The molecule has 0 saturated carbocycles. The lowest BCUT2D eigenvalue weighted by atomic mass is 10.0. The second-order valence-corrected chi connectivity index (χ2v) is 8.77. The van der Waals surface area contributed by atoms with Crippen LogP contribution < -0.4 is 4.90 Å². The Hall–Kier alpha value is -2.51. The van der Waals surface area contributed by atoms with E-state index < -0.39 is 11.1 Å². The maximum absolute atomic E-state index is 10.9. The zero-order chi connectivity index (χ0) is 21.6. The van der Waals surface area contributed by atoms with Crippen LogP contribution in [-0.4, -0.2) is 50.7 Å². The quantitative estimate of drug-likeness (QED) is 0.406. The number of piperazine rings is 1. The number of rotatable bonds is 6. The van der Waals surface area contributed by atoms with E-state index in [1.807, 2.05) is 29.2 Å². The van der Waals surface area contributed by atoms with Crippen LogP contribution in [0.3, 0.4) is 0 Å². The Bertz CT molecular complexity index is 1070. The van der Waals surface area contributed by atoms with E-state index in [0.29, 0.717) is 5.02 Å². The zero-order valence-corrected chi connectivity index (χ0v) is 18.6. The standard InChI is InChI=1S/C24H24ClN3O2S/c25-23-16-20(15-22(17-23)21-7-9-26-10-8-21)2-1-19-3-5-24(6-4-19)28-13-11-27(12-14-28)18-31(29)30/h1-10,15-17H,11-14,18H2,(H,29,30)/p-1/b2-1+. The fraction of sp³-hybridized carbons (Fsp3) is 0.208. The van der Waals surface area contributed by atoms with Crippen LogP contribution in [0, 0.1) is 0 Å². The van der Waals surface area contributed by atoms with Crippen molar-refractivity contribution in [3.63, 3.8) is 0 Å². The minimum atomic E-state index is -2.02. The number of benzene rings is 2. The van der Waals surface area contributed by atoms with E-state index in [-0.39, 0.29) is 5.88 Å². The molecule has 1 aliphatic rings. The van der Waals surface area contributed by atoms with Crippen LogP contribution in [0.25, 0.3) is 23.3 Å². The fourth-order valence-electron chi connectivity index (χ4n) is 3.69. The predicted molar refractivity (Wildman–Crippen MR) is 128 cm³/mol. The van der Waals surface area contributed by atoms with Gasteiger partial charge in [0.15, 0.2) is 0 Å². The second-order valence-electron chi connectivity index (χ2n) is 7.47. The van der Waals surface area contributed by atoms with Gasteiger partial charge in [-0.3, -0.25) is 14.1 Å². The molecular weight excluding hydrogens is 430 g/mol. The highest BCUT2D eigenvalue weighted by atomic mass is 35.5. The van der Waals surface area contributed by atoms with Gasteiger partial charge in [-0.2, -0.15) is 0 Å². The van der Waals surface area contributed by atoms with Crippen molar-refractivity contribution >= 4 is 40.5 Å². The minimum Gasteiger partial charge on any atom is -0.771 e. The zero-order valence-electron chi connectivity index (χ0n) is 17.0. The molecule has 0 bridgehead atoms. The van der Waals surface area contributed by atoms with Gasteiger partial charge in [0.25, 0.3) is 0 Å². The van der Waals surface area contributed by atoms with Crippen molar-refractivity contribution in [1.29, 1.82) is 0 Å². The molecule has 2 heterocycles. The number of aromatic nitrogens is 1. The number of halogens is 1. The third kappa shape index (κ3) is 6.02. The summed E-state index contributed by atoms with van der Waals surface area (Å²) in [7, 11) is 0. The summed E-state index contributed by atoms with van der Waals surface area (Å²) < 4.78 is 21.7. The average Bonchev–Trinajstić information content (AvgIpc) is 2.78. The Balaban J connectivity index is 1.42. The van der Waals surface area contributed by atoms with Crippen molar-refractivity contribution in [2.75, 3.05) is 37.0 Å². The molecular formula is C24H23ClN3O2S-. The van der Waals surface area contributed by atoms with Crippen LogP contribution >= 0.6 is 11.6 Å². The minimum absolute atomic E-state index is 0.115. The molecule has 3 aromatic rings. The topological polar surface area (TPSA) is 59.5 Å². The van der Waals surface area contributed by atoms with Crippen molar-refractivity contribution in [1.82, 2.24) is 9.88 Å². The molecule has 0 radical (unpaired) electrons. The van der Waals surface area contributed by atoms with E-state index in [0.717, 1.165) is 54.1 Å². The number of pyridine rings is 1. The van der Waals surface area contributed by atoms with Crippen molar-refractivity contribution < 1.29 is 8.76 Å². The SMILES string of the molecule is O=S([O-])CN1CCN(c2ccc(/C=C/c3cc(Cl)cc(-c4ccncc4)c3)cc2)CC1. The Morgan fingerprint density at radius 3 is 2.26 bits per heavy atom. The molecule has 0 aliphatic carbocycles. The van der Waals surface area contributed by atoms with Crippen LogP contribution in [0.15, 0.2) is 67.0 Å². The summed E-state index contributed by atoms with van der Waals surface area (Å²) >= 11 is 4.32. The third-order valence-electron chi connectivity index (χ3n) is 5.32. The molecule has 7 heteroatoms. The van der Waals surface area contributed by atoms with Crippen molar-refractivity contribution in [3.05, 3.63) is 83.1 Å². The fourth-order valence-corrected chi connectivity index (χ4v) is 4.49. The van der Waals surface area contributed by atoms with E-state index in [9.17, 15) is 8.76 Å². The van der Waals surface area contributed by atoms with Crippen molar-refractivity contribution in [3.8, 4) is 11.1 Å². The first-order chi connectivity index (χ1) is 15.1. The highest BCUT2D eigenvalue weighted by Crippen LogP contribution is 2.26. The number of nitrogens with zero attached hydrogens (tertiary/aromatic N) is 3. The van der Waals surface area contributed by atoms with Gasteiger partial charge in [-0.05, 0) is 75.8 Å². The van der Waals surface area contributed by atoms with E-state index in [1.54, 1.807) is 12.4 Å². The summed E-state index contributed by atoms with van der Waals surface area (Å²) in [4.78, 5) is 8.32. The first-order valence-corrected chi connectivity index (χ1v) is 11.7. The molecule has 5 nitrogen and oxygen atoms in total. The smallest absolute Gasteiger partial charge is 0.0614 e. The summed E-state index contributed by atoms with van der Waals surface area (Å²) in [6.07, 6.45) is 7.69. The summed E-state index contributed by atoms with van der Waals surface area (Å²) in [6, 6.07) is 18.4. The first kappa shape index (κ1) is 21.7. The molecule has 0 N–H and O–H groups in total. The maximum Gasteiger partial charge on any atom is 0.0614 e. The molecule has 1 aliphatic heterocycles. The maximum atomic E-state index is 10.9. The van der Waals surface area contributed by atoms with Crippen LogP contribution in [0.1, 0.15) is 11.1 Å². The summed E-state index contributed by atoms with van der Waals surface area (Å²) in [6.45, 7) is 3.16. The first-order valence-electron chi connectivity index (χ1n) is 10.1. The molecule has 1 unspecified atom stereocenters. The molecule has 0 amide bonds. The molecule has 1 atom stereocenters. The molecule has 1 fully saturated rings. The van der Waals surface area contributed by atoms with Gasteiger partial charge in [0.2, 0.25) is 0 Å². The van der Waals surface area contributed by atoms with Crippen molar-refractivity contribution in [2.24, 2.45) is 0 Å². The lowest BCUT2D eigenvalue weighted by Gasteiger charge is -2.36. The Labute approximate surface area is 190 Å². The molecule has 2 aromatic carbocycles. The van der Waals surface area contributed by atoms with Crippen LogP contribution in [0.5, 0.6) is 0 Å². The molecule has 0 spiro atoms.